The molecular formula is C48H56N14O10. The smallest absolute Gasteiger partial charge is 0.407 e. The van der Waals surface area contributed by atoms with Crippen molar-refractivity contribution in [2.75, 3.05) is 41.5 Å². The molecule has 8 rings (SSSR count). The molecule has 378 valence electrons. The first-order valence-corrected chi connectivity index (χ1v) is 23.2. The zero-order valence-corrected chi connectivity index (χ0v) is 40.9. The number of rotatable bonds is 15. The van der Waals surface area contributed by atoms with Crippen molar-refractivity contribution >= 4 is 35.9 Å². The lowest BCUT2D eigenvalue weighted by atomic mass is 10.0. The van der Waals surface area contributed by atoms with E-state index in [2.05, 4.69) is 41.2 Å². The SMILES string of the molecule is COC(=O)N[C@H](C(=O)N1C[C@@H](n2cc(C(=O)OC)nn2)C[C@H]1c1ncc(-c2ccc(-c3ccc(-c4cnc([C@@H]5C[C@H](n6cc(C(=O)OC)nn6)CN5C(=O)[C@@H](NC(=O)OC)C(C)C)[nH]4)cc3)cc2)[nH]1)C(C)C. The van der Waals surface area contributed by atoms with Crippen LogP contribution in [0.1, 0.15) is 97.3 Å². The Hall–Kier alpha value is -8.44. The second-order valence-corrected chi connectivity index (χ2v) is 18.2. The van der Waals surface area contributed by atoms with Crippen LogP contribution < -0.4 is 10.6 Å². The molecule has 0 spiro atoms. The van der Waals surface area contributed by atoms with Crippen LogP contribution in [0.25, 0.3) is 33.6 Å². The number of imidazole rings is 2. The zero-order valence-electron chi connectivity index (χ0n) is 40.9. The third-order valence-corrected chi connectivity index (χ3v) is 13.0. The highest BCUT2D eigenvalue weighted by atomic mass is 16.5. The number of benzene rings is 2. The van der Waals surface area contributed by atoms with Crippen LogP contribution in [0.5, 0.6) is 0 Å². The van der Waals surface area contributed by atoms with Crippen LogP contribution in [-0.4, -0.2) is 149 Å². The number of H-pyrrole nitrogens is 2. The minimum atomic E-state index is -0.888. The maximum Gasteiger partial charge on any atom is 0.407 e. The van der Waals surface area contributed by atoms with Crippen molar-refractivity contribution in [2.45, 2.75) is 76.8 Å². The minimum absolute atomic E-state index is 0.0350. The van der Waals surface area contributed by atoms with E-state index in [1.54, 1.807) is 31.6 Å². The summed E-state index contributed by atoms with van der Waals surface area (Å²) in [7, 11) is 4.99. The van der Waals surface area contributed by atoms with Gasteiger partial charge in [0.05, 0.1) is 88.8 Å². The molecule has 2 aliphatic rings. The average molecular weight is 989 g/mol. The van der Waals surface area contributed by atoms with E-state index in [4.69, 9.17) is 28.9 Å². The summed E-state index contributed by atoms with van der Waals surface area (Å²) >= 11 is 0. The van der Waals surface area contributed by atoms with Crippen molar-refractivity contribution in [1.82, 2.24) is 70.4 Å². The summed E-state index contributed by atoms with van der Waals surface area (Å²) in [4.78, 5) is 96.9. The Balaban J connectivity index is 0.988. The van der Waals surface area contributed by atoms with E-state index in [0.29, 0.717) is 24.5 Å². The number of nitrogens with one attached hydrogen (secondary N) is 4. The molecule has 0 saturated carbocycles. The van der Waals surface area contributed by atoms with E-state index in [1.807, 2.05) is 76.2 Å². The fourth-order valence-electron chi connectivity index (χ4n) is 9.07. The summed E-state index contributed by atoms with van der Waals surface area (Å²) in [6.45, 7) is 7.73. The van der Waals surface area contributed by atoms with Crippen LogP contribution >= 0.6 is 0 Å². The molecule has 6 atom stereocenters. The van der Waals surface area contributed by atoms with Gasteiger partial charge in [-0.3, -0.25) is 9.59 Å². The highest BCUT2D eigenvalue weighted by Gasteiger charge is 2.44. The Kier molecular flexibility index (Phi) is 14.8. The van der Waals surface area contributed by atoms with E-state index in [-0.39, 0.29) is 60.2 Å². The molecule has 4 N–H and O–H groups in total. The predicted molar refractivity (Wildman–Crippen MR) is 254 cm³/mol. The number of nitrogens with zero attached hydrogens (tertiary/aromatic N) is 10. The molecule has 0 aliphatic carbocycles. The number of amides is 4. The van der Waals surface area contributed by atoms with Gasteiger partial charge in [0.1, 0.15) is 23.7 Å². The van der Waals surface area contributed by atoms with Crippen molar-refractivity contribution in [2.24, 2.45) is 11.8 Å². The number of alkyl carbamates (subject to hydrolysis) is 2. The summed E-state index contributed by atoms with van der Waals surface area (Å²) < 4.78 is 22.3. The number of aromatic amines is 2. The Morgan fingerprint density at radius 1 is 0.556 bits per heavy atom. The molecule has 2 aliphatic heterocycles. The Labute approximate surface area is 413 Å². The van der Waals surface area contributed by atoms with Gasteiger partial charge in [0, 0.05) is 13.1 Å². The standard InChI is InChI=1S/C48H56N14O10/c1-25(2)39(53-47(67)71-7)43(63)59-21-31(61-23-35(55-57-61)45(65)69-5)17-37(59)41-49-19-33(51-41)29-13-9-27(10-14-29)28-11-15-30(16-12-28)34-20-50-42(52-34)38-18-32(62-24-36(56-58-62)46(66)70-6)22-60(38)44(64)40(26(3)4)54-48(68)72-8/h9-16,19-20,23-26,31-32,37-40H,17-18,21-22H2,1-8H3,(H,49,51)(H,50,52)(H,53,67)(H,54,68)/t31-,32-,37-,38-,39-,40-/m0/s1. The van der Waals surface area contributed by atoms with E-state index in [9.17, 15) is 28.8 Å². The molecule has 4 aromatic heterocycles. The van der Waals surface area contributed by atoms with Gasteiger partial charge in [-0.25, -0.2) is 38.5 Å². The molecule has 0 bridgehead atoms. The molecule has 0 unspecified atom stereocenters. The third kappa shape index (κ3) is 10.4. The van der Waals surface area contributed by atoms with Gasteiger partial charge in [-0.1, -0.05) is 86.7 Å². The quantitative estimate of drug-likeness (QED) is 0.0802. The molecule has 6 heterocycles. The molecule has 4 amide bonds. The van der Waals surface area contributed by atoms with Crippen LogP contribution in [0, 0.1) is 11.8 Å². The molecule has 24 heteroatoms. The number of methoxy groups -OCH3 is 4. The first-order valence-electron chi connectivity index (χ1n) is 23.2. The monoisotopic (exact) mass is 988 g/mol. The lowest BCUT2D eigenvalue weighted by Gasteiger charge is -2.29. The fraction of sp³-hybridized carbons (Fsp3) is 0.417. The fourth-order valence-corrected chi connectivity index (χ4v) is 9.07. The van der Waals surface area contributed by atoms with Crippen LogP contribution in [-0.2, 0) is 28.5 Å². The van der Waals surface area contributed by atoms with Gasteiger partial charge in [-0.15, -0.1) is 10.2 Å². The van der Waals surface area contributed by atoms with Crippen LogP contribution in [0.15, 0.2) is 73.3 Å². The average Bonchev–Trinajstić information content (AvgIpc) is 4.26. The maximum atomic E-state index is 14.2. The van der Waals surface area contributed by atoms with Gasteiger partial charge in [0.15, 0.2) is 11.4 Å². The molecule has 2 fully saturated rings. The topological polar surface area (TPSA) is 289 Å². The number of carbonyl (C=O) groups excluding carboxylic acids is 6. The highest BCUT2D eigenvalue weighted by molar-refractivity contribution is 5.88. The number of likely N-dealkylation sites (tertiary alicyclic amines) is 2. The van der Waals surface area contributed by atoms with Crippen molar-refractivity contribution in [3.8, 4) is 33.6 Å². The molecular weight excluding hydrogens is 933 g/mol. The van der Waals surface area contributed by atoms with Gasteiger partial charge in [0.2, 0.25) is 11.8 Å². The van der Waals surface area contributed by atoms with E-state index in [0.717, 1.165) is 33.6 Å². The lowest BCUT2D eigenvalue weighted by Crippen LogP contribution is -2.51. The van der Waals surface area contributed by atoms with Crippen molar-refractivity contribution in [3.05, 3.63) is 96.4 Å². The number of hydrogen-bond donors (Lipinski definition) is 4. The van der Waals surface area contributed by atoms with Crippen LogP contribution in [0.3, 0.4) is 0 Å². The first-order chi connectivity index (χ1) is 34.6. The number of aromatic nitrogens is 10. The van der Waals surface area contributed by atoms with Crippen molar-refractivity contribution in [1.29, 1.82) is 0 Å². The van der Waals surface area contributed by atoms with Gasteiger partial charge < -0.3 is 49.3 Å². The summed E-state index contributed by atoms with van der Waals surface area (Å²) in [5, 5.41) is 21.6. The summed E-state index contributed by atoms with van der Waals surface area (Å²) in [5.74, 6) is -1.40. The molecule has 2 aromatic carbocycles. The second kappa shape index (κ2) is 21.3. The van der Waals surface area contributed by atoms with Crippen molar-refractivity contribution < 1.29 is 47.7 Å². The minimum Gasteiger partial charge on any atom is -0.464 e. The molecule has 72 heavy (non-hydrogen) atoms. The van der Waals surface area contributed by atoms with Gasteiger partial charge in [-0.2, -0.15) is 0 Å². The summed E-state index contributed by atoms with van der Waals surface area (Å²) in [5.41, 5.74) is 5.14. The van der Waals surface area contributed by atoms with Crippen LogP contribution in [0.4, 0.5) is 9.59 Å². The predicted octanol–water partition coefficient (Wildman–Crippen LogP) is 4.68. The van der Waals surface area contributed by atoms with E-state index in [1.165, 1.54) is 40.8 Å². The maximum absolute atomic E-state index is 14.2. The first kappa shape index (κ1) is 50.0. The van der Waals surface area contributed by atoms with E-state index < -0.39 is 48.3 Å². The lowest BCUT2D eigenvalue weighted by molar-refractivity contribution is -0.136. The Morgan fingerprint density at radius 3 is 1.25 bits per heavy atom. The zero-order chi connectivity index (χ0) is 51.4. The van der Waals surface area contributed by atoms with E-state index >= 15 is 0 Å². The largest absolute Gasteiger partial charge is 0.464 e. The molecule has 24 nitrogen and oxygen atoms in total. The number of esters is 2. The molecule has 6 aromatic rings. The van der Waals surface area contributed by atoms with Gasteiger partial charge >= 0.3 is 24.1 Å². The number of ether oxygens (including phenoxy) is 4. The third-order valence-electron chi connectivity index (χ3n) is 13.0. The Morgan fingerprint density at radius 2 is 0.917 bits per heavy atom. The summed E-state index contributed by atoms with van der Waals surface area (Å²) in [6.07, 6.45) is 5.72. The number of carbonyl (C=O) groups is 6. The van der Waals surface area contributed by atoms with Gasteiger partial charge in [-0.05, 0) is 46.9 Å². The van der Waals surface area contributed by atoms with Gasteiger partial charge in [0.25, 0.3) is 0 Å². The second-order valence-electron chi connectivity index (χ2n) is 18.2. The van der Waals surface area contributed by atoms with Crippen molar-refractivity contribution in [3.63, 3.8) is 0 Å². The Bertz CT molecular complexity index is 2730. The molecule has 2 saturated heterocycles. The van der Waals surface area contributed by atoms with Crippen LogP contribution in [0.2, 0.25) is 0 Å². The highest BCUT2D eigenvalue weighted by Crippen LogP contribution is 2.40. The molecule has 0 radical (unpaired) electrons. The number of hydrogen-bond acceptors (Lipinski definition) is 16. The summed E-state index contributed by atoms with van der Waals surface area (Å²) in [6, 6.07) is 12.3. The normalized spacial score (nSPS) is 18.5.